The van der Waals surface area contributed by atoms with Gasteiger partial charge in [-0.2, -0.15) is 0 Å². The zero-order chi connectivity index (χ0) is 13.3. The van der Waals surface area contributed by atoms with Crippen LogP contribution in [-0.2, 0) is 21.1 Å². The molecule has 5 heteroatoms. The average Bonchev–Trinajstić information content (AvgIpc) is 2.36. The topological polar surface area (TPSA) is 71.4 Å². The van der Waals surface area contributed by atoms with E-state index in [1.165, 1.54) is 12.1 Å². The second kappa shape index (κ2) is 4.82. The molecule has 0 fully saturated rings. The molecule has 1 aliphatic heterocycles. The molecule has 0 amide bonds. The van der Waals surface area contributed by atoms with E-state index >= 15 is 0 Å². The molecule has 0 saturated heterocycles. The predicted molar refractivity (Wildman–Crippen MR) is 67.1 cm³/mol. The van der Waals surface area contributed by atoms with Gasteiger partial charge < -0.3 is 5.11 Å². The van der Waals surface area contributed by atoms with Crippen molar-refractivity contribution in [3.63, 3.8) is 0 Å². The standard InChI is InChI=1S/C13H16O4S/c1-2-11(14)13(15)10-5-6-12-9(8-10)4-3-7-18(12,16)17/h5-6,8,13,15H,2-4,7H2,1H3. The van der Waals surface area contributed by atoms with Crippen LogP contribution in [0.3, 0.4) is 0 Å². The van der Waals surface area contributed by atoms with Gasteiger partial charge in [-0.3, -0.25) is 4.79 Å². The van der Waals surface area contributed by atoms with E-state index < -0.39 is 15.9 Å². The fourth-order valence-corrected chi connectivity index (χ4v) is 3.79. The molecule has 1 heterocycles. The van der Waals surface area contributed by atoms with Crippen molar-refractivity contribution in [2.45, 2.75) is 37.2 Å². The van der Waals surface area contributed by atoms with Crippen molar-refractivity contribution in [1.82, 2.24) is 0 Å². The zero-order valence-electron chi connectivity index (χ0n) is 10.2. The summed E-state index contributed by atoms with van der Waals surface area (Å²) in [6.45, 7) is 1.69. The fourth-order valence-electron chi connectivity index (χ4n) is 2.21. The molecular weight excluding hydrogens is 252 g/mol. The third-order valence-electron chi connectivity index (χ3n) is 3.25. The summed E-state index contributed by atoms with van der Waals surface area (Å²) >= 11 is 0. The van der Waals surface area contributed by atoms with E-state index in [2.05, 4.69) is 0 Å². The minimum absolute atomic E-state index is 0.176. The van der Waals surface area contributed by atoms with Gasteiger partial charge in [0.2, 0.25) is 0 Å². The van der Waals surface area contributed by atoms with Crippen molar-refractivity contribution in [2.24, 2.45) is 0 Å². The summed E-state index contributed by atoms with van der Waals surface area (Å²) in [5.41, 5.74) is 1.19. The summed E-state index contributed by atoms with van der Waals surface area (Å²) in [5, 5.41) is 9.82. The number of carbonyl (C=O) groups is 1. The van der Waals surface area contributed by atoms with Crippen LogP contribution in [0.15, 0.2) is 23.1 Å². The third kappa shape index (κ3) is 2.33. The van der Waals surface area contributed by atoms with Crippen LogP contribution in [0, 0.1) is 0 Å². The van der Waals surface area contributed by atoms with Crippen molar-refractivity contribution in [2.75, 3.05) is 5.75 Å². The van der Waals surface area contributed by atoms with Gasteiger partial charge in [0.1, 0.15) is 6.10 Å². The Bertz CT molecular complexity index is 575. The van der Waals surface area contributed by atoms with Crippen LogP contribution in [0.4, 0.5) is 0 Å². The molecule has 1 aromatic carbocycles. The smallest absolute Gasteiger partial charge is 0.178 e. The van der Waals surface area contributed by atoms with Crippen LogP contribution in [0.5, 0.6) is 0 Å². The number of sulfone groups is 1. The maximum absolute atomic E-state index is 11.8. The van der Waals surface area contributed by atoms with Crippen LogP contribution in [0.1, 0.15) is 37.0 Å². The first-order chi connectivity index (χ1) is 8.45. The Morgan fingerprint density at radius 3 is 2.83 bits per heavy atom. The molecule has 98 valence electrons. The Morgan fingerprint density at radius 2 is 2.17 bits per heavy atom. The van der Waals surface area contributed by atoms with Gasteiger partial charge in [0.25, 0.3) is 0 Å². The molecular formula is C13H16O4S. The molecule has 0 aromatic heterocycles. The van der Waals surface area contributed by atoms with E-state index in [0.717, 1.165) is 0 Å². The maximum atomic E-state index is 11.8. The lowest BCUT2D eigenvalue weighted by molar-refractivity contribution is -0.127. The molecule has 1 N–H and O–H groups in total. The number of benzene rings is 1. The Hall–Kier alpha value is -1.20. The van der Waals surface area contributed by atoms with Crippen LogP contribution in [0.2, 0.25) is 0 Å². The van der Waals surface area contributed by atoms with Crippen LogP contribution in [0.25, 0.3) is 0 Å². The summed E-state index contributed by atoms with van der Waals surface area (Å²) in [7, 11) is -3.18. The summed E-state index contributed by atoms with van der Waals surface area (Å²) in [6, 6.07) is 4.68. The van der Waals surface area contributed by atoms with Crippen molar-refractivity contribution in [1.29, 1.82) is 0 Å². The third-order valence-corrected chi connectivity index (χ3v) is 5.14. The average molecular weight is 268 g/mol. The van der Waals surface area contributed by atoms with Crippen molar-refractivity contribution in [3.05, 3.63) is 29.3 Å². The molecule has 18 heavy (non-hydrogen) atoms. The summed E-state index contributed by atoms with van der Waals surface area (Å²) in [5.74, 6) is -0.0795. The number of ketones is 1. The molecule has 0 bridgehead atoms. The summed E-state index contributed by atoms with van der Waals surface area (Å²) < 4.78 is 23.6. The Morgan fingerprint density at radius 1 is 1.44 bits per heavy atom. The first-order valence-electron chi connectivity index (χ1n) is 6.02. The molecule has 2 rings (SSSR count). The Kier molecular flexibility index (Phi) is 3.54. The van der Waals surface area contributed by atoms with E-state index in [4.69, 9.17) is 0 Å². The SMILES string of the molecule is CCC(=O)C(O)c1ccc2c(c1)CCCS2(=O)=O. The van der Waals surface area contributed by atoms with Crippen molar-refractivity contribution in [3.8, 4) is 0 Å². The minimum atomic E-state index is -3.18. The number of rotatable bonds is 3. The van der Waals surface area contributed by atoms with E-state index in [-0.39, 0.29) is 18.0 Å². The monoisotopic (exact) mass is 268 g/mol. The van der Waals surface area contributed by atoms with E-state index in [1.807, 2.05) is 0 Å². The lowest BCUT2D eigenvalue weighted by Gasteiger charge is -2.18. The molecule has 1 unspecified atom stereocenters. The first kappa shape index (κ1) is 13.2. The van der Waals surface area contributed by atoms with Crippen molar-refractivity contribution >= 4 is 15.6 Å². The van der Waals surface area contributed by atoms with Gasteiger partial charge in [0.05, 0.1) is 10.6 Å². The fraction of sp³-hybridized carbons (Fsp3) is 0.462. The highest BCUT2D eigenvalue weighted by Crippen LogP contribution is 2.28. The summed E-state index contributed by atoms with van der Waals surface area (Å²) in [6.07, 6.45) is 0.382. The summed E-state index contributed by atoms with van der Waals surface area (Å²) in [4.78, 5) is 11.8. The number of Topliss-reactive ketones (excluding diaryl/α,β-unsaturated/α-hetero) is 1. The van der Waals surface area contributed by atoms with Crippen LogP contribution >= 0.6 is 0 Å². The minimum Gasteiger partial charge on any atom is -0.381 e. The maximum Gasteiger partial charge on any atom is 0.178 e. The number of aliphatic hydroxyl groups excluding tert-OH is 1. The van der Waals surface area contributed by atoms with Gasteiger partial charge in [-0.05, 0) is 30.0 Å². The largest absolute Gasteiger partial charge is 0.381 e. The second-order valence-corrected chi connectivity index (χ2v) is 6.59. The molecule has 1 aliphatic rings. The number of aryl methyl sites for hydroxylation is 1. The van der Waals surface area contributed by atoms with Gasteiger partial charge in [-0.1, -0.05) is 19.1 Å². The van der Waals surface area contributed by atoms with Gasteiger partial charge in [-0.25, -0.2) is 8.42 Å². The molecule has 0 radical (unpaired) electrons. The van der Waals surface area contributed by atoms with Gasteiger partial charge in [-0.15, -0.1) is 0 Å². The number of carbonyl (C=O) groups excluding carboxylic acids is 1. The molecule has 0 saturated carbocycles. The number of aliphatic hydroxyl groups is 1. The number of fused-ring (bicyclic) bond motifs is 1. The quantitative estimate of drug-likeness (QED) is 0.900. The molecule has 1 atom stereocenters. The van der Waals surface area contributed by atoms with E-state index in [1.54, 1.807) is 13.0 Å². The predicted octanol–water partition coefficient (Wildman–Crippen LogP) is 1.42. The van der Waals surface area contributed by atoms with E-state index in [0.29, 0.717) is 28.9 Å². The zero-order valence-corrected chi connectivity index (χ0v) is 11.0. The highest BCUT2D eigenvalue weighted by atomic mass is 32.2. The molecule has 0 spiro atoms. The lowest BCUT2D eigenvalue weighted by atomic mass is 10.00. The van der Waals surface area contributed by atoms with Crippen LogP contribution in [-0.4, -0.2) is 25.1 Å². The lowest BCUT2D eigenvalue weighted by Crippen LogP contribution is -2.17. The molecule has 4 nitrogen and oxygen atoms in total. The Balaban J connectivity index is 2.42. The van der Waals surface area contributed by atoms with Gasteiger partial charge in [0, 0.05) is 6.42 Å². The first-order valence-corrected chi connectivity index (χ1v) is 7.67. The Labute approximate surface area is 107 Å². The molecule has 1 aromatic rings. The second-order valence-electron chi connectivity index (χ2n) is 4.51. The highest BCUT2D eigenvalue weighted by Gasteiger charge is 2.25. The highest BCUT2D eigenvalue weighted by molar-refractivity contribution is 7.91. The number of hydrogen-bond donors (Lipinski definition) is 1. The van der Waals surface area contributed by atoms with Gasteiger partial charge in [0.15, 0.2) is 15.6 Å². The van der Waals surface area contributed by atoms with Crippen molar-refractivity contribution < 1.29 is 18.3 Å². The number of hydrogen-bond acceptors (Lipinski definition) is 4. The normalized spacial score (nSPS) is 19.0. The molecule has 0 aliphatic carbocycles. The van der Waals surface area contributed by atoms with Crippen LogP contribution < -0.4 is 0 Å². The van der Waals surface area contributed by atoms with Gasteiger partial charge >= 0.3 is 0 Å². The van der Waals surface area contributed by atoms with E-state index in [9.17, 15) is 18.3 Å².